The van der Waals surface area contributed by atoms with Gasteiger partial charge in [-0.2, -0.15) is 14.8 Å². The van der Waals surface area contributed by atoms with Crippen molar-refractivity contribution >= 4 is 54.8 Å². The van der Waals surface area contributed by atoms with Crippen molar-refractivity contribution in [2.75, 3.05) is 0 Å². The van der Waals surface area contributed by atoms with Crippen molar-refractivity contribution in [2.45, 2.75) is 28.7 Å². The fourth-order valence-electron chi connectivity index (χ4n) is 4.06. The summed E-state index contributed by atoms with van der Waals surface area (Å²) in [6.07, 6.45) is 10.3. The highest BCUT2D eigenvalue weighted by Gasteiger charge is 2.35. The Bertz CT molecular complexity index is 1570. The Kier molecular flexibility index (Phi) is 3.38. The van der Waals surface area contributed by atoms with E-state index in [1.165, 1.54) is 11.3 Å². The molecule has 6 aromatic heterocycles. The quantitative estimate of drug-likeness (QED) is 0.428. The van der Waals surface area contributed by atoms with Crippen LogP contribution in [0.5, 0.6) is 0 Å². The van der Waals surface area contributed by atoms with Crippen LogP contribution in [-0.2, 0) is 11.2 Å². The molecule has 1 N–H and O–H groups in total. The summed E-state index contributed by atoms with van der Waals surface area (Å²) in [5, 5.41) is 14.5. The van der Waals surface area contributed by atoms with Gasteiger partial charge in [-0.25, -0.2) is 14.5 Å². The predicted octanol–water partition coefficient (Wildman–Crippen LogP) is 3.80. The van der Waals surface area contributed by atoms with E-state index in [1.54, 1.807) is 27.7 Å². The van der Waals surface area contributed by atoms with Crippen LogP contribution in [0.15, 0.2) is 47.2 Å². The molecule has 0 spiro atoms. The zero-order valence-electron chi connectivity index (χ0n) is 15.6. The molecule has 1 aliphatic carbocycles. The summed E-state index contributed by atoms with van der Waals surface area (Å²) in [7, 11) is 0. The van der Waals surface area contributed by atoms with E-state index in [0.29, 0.717) is 0 Å². The molecule has 1 saturated carbocycles. The van der Waals surface area contributed by atoms with E-state index in [2.05, 4.69) is 26.3 Å². The van der Waals surface area contributed by atoms with Crippen LogP contribution in [0.25, 0.3) is 43.5 Å². The fourth-order valence-corrected chi connectivity index (χ4v) is 7.33. The van der Waals surface area contributed by atoms with Gasteiger partial charge in [-0.15, -0.1) is 0 Å². The third-order valence-corrected chi connectivity index (χ3v) is 9.12. The molecule has 30 heavy (non-hydrogen) atoms. The van der Waals surface area contributed by atoms with Crippen LogP contribution in [-0.4, -0.2) is 44.2 Å². The number of H-pyrrole nitrogens is 1. The largest absolute Gasteiger partial charge is 0.611 e. The lowest BCUT2D eigenvalue weighted by atomic mass is 10.0. The molecule has 7 rings (SSSR count). The number of hydrogen-bond acceptors (Lipinski definition) is 6. The minimum Gasteiger partial charge on any atom is -0.611 e. The maximum atomic E-state index is 13.2. The van der Waals surface area contributed by atoms with Gasteiger partial charge < -0.3 is 4.55 Å². The van der Waals surface area contributed by atoms with Crippen molar-refractivity contribution in [3.05, 3.63) is 43.0 Å². The van der Waals surface area contributed by atoms with E-state index in [-0.39, 0.29) is 5.25 Å². The first-order valence-corrected chi connectivity index (χ1v) is 11.8. The first-order valence-electron chi connectivity index (χ1n) is 9.75. The highest BCUT2D eigenvalue weighted by atomic mass is 32.2. The highest BCUT2D eigenvalue weighted by Crippen LogP contribution is 2.43. The molecule has 6 heterocycles. The number of rotatable bonds is 3. The summed E-state index contributed by atoms with van der Waals surface area (Å²) < 4.78 is 17.6. The lowest BCUT2D eigenvalue weighted by Crippen LogP contribution is -2.28. The zero-order chi connectivity index (χ0) is 19.8. The number of pyridine rings is 1. The normalized spacial score (nSPS) is 16.2. The molecule has 0 aromatic carbocycles. The molecular weight excluding hydrogens is 418 g/mol. The van der Waals surface area contributed by atoms with Crippen LogP contribution in [0.1, 0.15) is 19.3 Å². The number of nitrogens with zero attached hydrogens (tertiary/aromatic N) is 6. The second-order valence-corrected chi connectivity index (χ2v) is 10.5. The molecule has 0 radical (unpaired) electrons. The van der Waals surface area contributed by atoms with Gasteiger partial charge in [0.05, 0.1) is 29.0 Å². The average molecular weight is 434 g/mol. The molecule has 1 fully saturated rings. The highest BCUT2D eigenvalue weighted by molar-refractivity contribution is 7.94. The number of aromatic nitrogens is 7. The molecular formula is C20H15N7OS2. The lowest BCUT2D eigenvalue weighted by molar-refractivity contribution is 0.478. The summed E-state index contributed by atoms with van der Waals surface area (Å²) in [4.78, 5) is 10.2. The summed E-state index contributed by atoms with van der Waals surface area (Å²) >= 11 is 0.481. The molecule has 1 aliphatic rings. The van der Waals surface area contributed by atoms with Crippen LogP contribution < -0.4 is 0 Å². The predicted molar refractivity (Wildman–Crippen MR) is 116 cm³/mol. The van der Waals surface area contributed by atoms with Crippen molar-refractivity contribution in [1.82, 2.24) is 34.4 Å². The van der Waals surface area contributed by atoms with E-state index >= 15 is 0 Å². The van der Waals surface area contributed by atoms with Gasteiger partial charge in [-0.3, -0.25) is 5.10 Å². The summed E-state index contributed by atoms with van der Waals surface area (Å²) in [6.45, 7) is 0. The molecule has 1 unspecified atom stereocenters. The molecule has 0 aliphatic heterocycles. The van der Waals surface area contributed by atoms with Crippen molar-refractivity contribution in [1.29, 1.82) is 0 Å². The van der Waals surface area contributed by atoms with Crippen LogP contribution in [0.3, 0.4) is 0 Å². The molecule has 0 bridgehead atoms. The molecule has 8 nitrogen and oxygen atoms in total. The number of aromatic amines is 1. The van der Waals surface area contributed by atoms with Crippen LogP contribution in [0.4, 0.5) is 0 Å². The topological polar surface area (TPSA) is 99.2 Å². The standard InChI is InChI=1S/C20H15N7OS2/c28-30(12-2-1-3-12)20-18-17-13(15-4-5-22-27(15)25-18)9-14(24-19(17)29-20)11-8-16-21-6-7-26(16)23-10-11/h4-10,12,25H,1-3H2. The molecule has 6 aromatic rings. The average Bonchev–Trinajstić information content (AvgIpc) is 3.44. The number of imidazole rings is 1. The Morgan fingerprint density at radius 3 is 3.00 bits per heavy atom. The first-order chi connectivity index (χ1) is 14.8. The van der Waals surface area contributed by atoms with Crippen LogP contribution in [0, 0.1) is 0 Å². The Labute approximate surface area is 176 Å². The molecule has 0 saturated heterocycles. The summed E-state index contributed by atoms with van der Waals surface area (Å²) in [5.74, 6) is 0. The van der Waals surface area contributed by atoms with Crippen molar-refractivity contribution < 1.29 is 4.55 Å². The van der Waals surface area contributed by atoms with Crippen molar-refractivity contribution in [3.8, 4) is 11.3 Å². The molecule has 10 heteroatoms. The zero-order valence-corrected chi connectivity index (χ0v) is 17.3. The molecule has 148 valence electrons. The van der Waals surface area contributed by atoms with E-state index in [0.717, 1.165) is 67.0 Å². The number of hydrogen-bond donors (Lipinski definition) is 1. The van der Waals surface area contributed by atoms with Crippen molar-refractivity contribution in [2.24, 2.45) is 0 Å². The minimum atomic E-state index is -1.04. The van der Waals surface area contributed by atoms with Gasteiger partial charge in [0.15, 0.2) is 5.65 Å². The number of fused-ring (bicyclic) bond motifs is 3. The third kappa shape index (κ3) is 2.26. The van der Waals surface area contributed by atoms with Crippen LogP contribution in [0.2, 0.25) is 0 Å². The Hall–Kier alpha value is -2.95. The summed E-state index contributed by atoms with van der Waals surface area (Å²) in [5.41, 5.74) is 4.33. The number of thiophene rings is 1. The number of nitrogens with one attached hydrogen (secondary N) is 1. The minimum absolute atomic E-state index is 0.241. The van der Waals surface area contributed by atoms with Gasteiger partial charge in [-0.1, -0.05) is 11.3 Å². The maximum Gasteiger partial charge on any atom is 0.234 e. The van der Waals surface area contributed by atoms with E-state index in [1.807, 2.05) is 18.3 Å². The van der Waals surface area contributed by atoms with Gasteiger partial charge in [0, 0.05) is 34.5 Å². The molecule has 1 atom stereocenters. The van der Waals surface area contributed by atoms with Gasteiger partial charge in [0.2, 0.25) is 4.21 Å². The lowest BCUT2D eigenvalue weighted by Gasteiger charge is -2.26. The Morgan fingerprint density at radius 2 is 2.13 bits per heavy atom. The second-order valence-electron chi connectivity index (χ2n) is 7.56. The fraction of sp³-hybridized carbons (Fsp3) is 0.200. The van der Waals surface area contributed by atoms with Gasteiger partial charge >= 0.3 is 0 Å². The third-order valence-electron chi connectivity index (χ3n) is 5.85. The SMILES string of the molecule is [O-][S+](c1sc2nc(-c3cnn4ccnc4c3)cc3c2c1[nH]n1nccc31)C1CCC1. The Balaban J connectivity index is 1.53. The van der Waals surface area contributed by atoms with E-state index in [4.69, 9.17) is 4.98 Å². The Morgan fingerprint density at radius 1 is 1.20 bits per heavy atom. The van der Waals surface area contributed by atoms with E-state index < -0.39 is 11.2 Å². The first kappa shape index (κ1) is 16.8. The molecule has 0 amide bonds. The van der Waals surface area contributed by atoms with Gasteiger partial charge in [0.1, 0.15) is 15.6 Å². The second kappa shape index (κ2) is 6.03. The van der Waals surface area contributed by atoms with E-state index in [9.17, 15) is 4.55 Å². The maximum absolute atomic E-state index is 13.2. The summed E-state index contributed by atoms with van der Waals surface area (Å²) in [6, 6.07) is 6.03. The van der Waals surface area contributed by atoms with Gasteiger partial charge in [-0.05, 0) is 37.5 Å². The van der Waals surface area contributed by atoms with Gasteiger partial charge in [0.25, 0.3) is 0 Å². The monoisotopic (exact) mass is 433 g/mol. The van der Waals surface area contributed by atoms with Crippen LogP contribution >= 0.6 is 11.3 Å². The van der Waals surface area contributed by atoms with Crippen molar-refractivity contribution in [3.63, 3.8) is 0 Å². The smallest absolute Gasteiger partial charge is 0.234 e.